The highest BCUT2D eigenvalue weighted by atomic mass is 15.1. The zero-order valence-electron chi connectivity index (χ0n) is 10.3. The van der Waals surface area contributed by atoms with Crippen molar-refractivity contribution in [3.05, 3.63) is 36.0 Å². The Balaban J connectivity index is 2.10. The van der Waals surface area contributed by atoms with E-state index in [0.29, 0.717) is 6.04 Å². The lowest BCUT2D eigenvalue weighted by atomic mass is 10.1. The SMILES string of the molecule is CC(C)N(C)CCc1c[nH]c2ccccc12. The summed E-state index contributed by atoms with van der Waals surface area (Å²) in [6.45, 7) is 5.57. The van der Waals surface area contributed by atoms with Crippen LogP contribution < -0.4 is 0 Å². The van der Waals surface area contributed by atoms with Crippen LogP contribution >= 0.6 is 0 Å². The molecule has 2 aromatic rings. The van der Waals surface area contributed by atoms with Gasteiger partial charge in [-0.15, -0.1) is 0 Å². The van der Waals surface area contributed by atoms with Crippen LogP contribution in [0.1, 0.15) is 19.4 Å². The van der Waals surface area contributed by atoms with Crippen molar-refractivity contribution in [2.24, 2.45) is 0 Å². The van der Waals surface area contributed by atoms with Crippen molar-refractivity contribution in [3.63, 3.8) is 0 Å². The maximum Gasteiger partial charge on any atom is 0.0456 e. The highest BCUT2D eigenvalue weighted by Crippen LogP contribution is 2.18. The molecule has 16 heavy (non-hydrogen) atoms. The molecule has 1 aromatic carbocycles. The summed E-state index contributed by atoms with van der Waals surface area (Å²) < 4.78 is 0. The van der Waals surface area contributed by atoms with Crippen LogP contribution in [-0.2, 0) is 6.42 Å². The highest BCUT2D eigenvalue weighted by Gasteiger charge is 2.06. The van der Waals surface area contributed by atoms with E-state index in [-0.39, 0.29) is 0 Å². The number of fused-ring (bicyclic) bond motifs is 1. The number of hydrogen-bond donors (Lipinski definition) is 1. The summed E-state index contributed by atoms with van der Waals surface area (Å²) in [4.78, 5) is 5.70. The van der Waals surface area contributed by atoms with Gasteiger partial charge in [0.15, 0.2) is 0 Å². The molecule has 0 unspecified atom stereocenters. The largest absolute Gasteiger partial charge is 0.361 e. The van der Waals surface area contributed by atoms with E-state index in [1.165, 1.54) is 16.5 Å². The number of nitrogens with zero attached hydrogens (tertiary/aromatic N) is 1. The lowest BCUT2D eigenvalue weighted by Crippen LogP contribution is -2.28. The number of aromatic amines is 1. The number of likely N-dealkylation sites (N-methyl/N-ethyl adjacent to an activating group) is 1. The Bertz CT molecular complexity index is 456. The molecule has 2 nitrogen and oxygen atoms in total. The van der Waals surface area contributed by atoms with Gasteiger partial charge in [0.2, 0.25) is 0 Å². The molecule has 0 radical (unpaired) electrons. The van der Waals surface area contributed by atoms with Gasteiger partial charge >= 0.3 is 0 Å². The molecule has 0 aliphatic carbocycles. The molecule has 2 heteroatoms. The molecule has 0 aliphatic rings. The number of hydrogen-bond acceptors (Lipinski definition) is 1. The van der Waals surface area contributed by atoms with Crippen molar-refractivity contribution in [1.29, 1.82) is 0 Å². The van der Waals surface area contributed by atoms with Crippen molar-refractivity contribution >= 4 is 10.9 Å². The lowest BCUT2D eigenvalue weighted by molar-refractivity contribution is 0.278. The van der Waals surface area contributed by atoms with Gasteiger partial charge in [0, 0.05) is 29.7 Å². The highest BCUT2D eigenvalue weighted by molar-refractivity contribution is 5.83. The van der Waals surface area contributed by atoms with E-state index in [0.717, 1.165) is 13.0 Å². The molecular weight excluding hydrogens is 196 g/mol. The molecule has 86 valence electrons. The summed E-state index contributed by atoms with van der Waals surface area (Å²) in [6.07, 6.45) is 3.25. The summed E-state index contributed by atoms with van der Waals surface area (Å²) in [5, 5.41) is 1.36. The Morgan fingerprint density at radius 2 is 2.00 bits per heavy atom. The topological polar surface area (TPSA) is 19.0 Å². The van der Waals surface area contributed by atoms with Crippen molar-refractivity contribution < 1.29 is 0 Å². The fourth-order valence-corrected chi connectivity index (χ4v) is 1.89. The molecule has 0 bridgehead atoms. The van der Waals surface area contributed by atoms with Crippen LogP contribution in [0.15, 0.2) is 30.5 Å². The van der Waals surface area contributed by atoms with Gasteiger partial charge < -0.3 is 9.88 Å². The zero-order chi connectivity index (χ0) is 11.5. The number of nitrogens with one attached hydrogen (secondary N) is 1. The summed E-state index contributed by atoms with van der Waals surface area (Å²) in [5.41, 5.74) is 2.66. The summed E-state index contributed by atoms with van der Waals surface area (Å²) in [6, 6.07) is 9.11. The van der Waals surface area contributed by atoms with E-state index in [9.17, 15) is 0 Å². The molecule has 0 saturated heterocycles. The molecule has 0 aliphatic heterocycles. The fourth-order valence-electron chi connectivity index (χ4n) is 1.89. The normalized spacial score (nSPS) is 11.8. The molecular formula is C14H20N2. The number of rotatable bonds is 4. The van der Waals surface area contributed by atoms with E-state index < -0.39 is 0 Å². The Hall–Kier alpha value is -1.28. The minimum Gasteiger partial charge on any atom is -0.361 e. The molecule has 0 atom stereocenters. The van der Waals surface area contributed by atoms with Crippen LogP contribution in [0.5, 0.6) is 0 Å². The molecule has 1 N–H and O–H groups in total. The first-order valence-corrected chi connectivity index (χ1v) is 5.93. The van der Waals surface area contributed by atoms with E-state index >= 15 is 0 Å². The first-order chi connectivity index (χ1) is 7.68. The first kappa shape index (κ1) is 11.2. The predicted octanol–water partition coefficient (Wildman–Crippen LogP) is 3.05. The molecule has 0 amide bonds. The van der Waals surface area contributed by atoms with E-state index in [2.05, 4.69) is 61.2 Å². The van der Waals surface area contributed by atoms with Crippen LogP contribution in [0.25, 0.3) is 10.9 Å². The van der Waals surface area contributed by atoms with Crippen molar-refractivity contribution in [1.82, 2.24) is 9.88 Å². The molecule has 0 fully saturated rings. The molecule has 0 saturated carbocycles. The van der Waals surface area contributed by atoms with Crippen molar-refractivity contribution in [2.45, 2.75) is 26.3 Å². The van der Waals surface area contributed by atoms with Gasteiger partial charge in [-0.05, 0) is 38.9 Å². The van der Waals surface area contributed by atoms with Crippen molar-refractivity contribution in [3.8, 4) is 0 Å². The van der Waals surface area contributed by atoms with Gasteiger partial charge in [0.1, 0.15) is 0 Å². The van der Waals surface area contributed by atoms with E-state index in [4.69, 9.17) is 0 Å². The molecule has 1 aromatic heterocycles. The smallest absolute Gasteiger partial charge is 0.0456 e. The maximum absolute atomic E-state index is 3.32. The number of para-hydroxylation sites is 1. The van der Waals surface area contributed by atoms with Gasteiger partial charge in [0.05, 0.1) is 0 Å². The Morgan fingerprint density at radius 1 is 1.25 bits per heavy atom. The monoisotopic (exact) mass is 216 g/mol. The number of H-pyrrole nitrogens is 1. The second kappa shape index (κ2) is 4.71. The summed E-state index contributed by atoms with van der Waals surface area (Å²) in [7, 11) is 2.18. The third-order valence-corrected chi connectivity index (χ3v) is 3.29. The van der Waals surface area contributed by atoms with Gasteiger partial charge in [-0.1, -0.05) is 18.2 Å². The number of aromatic nitrogens is 1. The van der Waals surface area contributed by atoms with Gasteiger partial charge in [-0.25, -0.2) is 0 Å². The zero-order valence-corrected chi connectivity index (χ0v) is 10.3. The molecule has 1 heterocycles. The lowest BCUT2D eigenvalue weighted by Gasteiger charge is -2.20. The fraction of sp³-hybridized carbons (Fsp3) is 0.429. The summed E-state index contributed by atoms with van der Waals surface area (Å²) >= 11 is 0. The predicted molar refractivity (Wildman–Crippen MR) is 69.8 cm³/mol. The second-order valence-electron chi connectivity index (χ2n) is 4.68. The Kier molecular flexibility index (Phi) is 3.30. The molecule has 2 rings (SSSR count). The Morgan fingerprint density at radius 3 is 2.75 bits per heavy atom. The first-order valence-electron chi connectivity index (χ1n) is 5.93. The minimum absolute atomic E-state index is 0.616. The quantitative estimate of drug-likeness (QED) is 0.832. The van der Waals surface area contributed by atoms with E-state index in [1.54, 1.807) is 0 Å². The van der Waals surface area contributed by atoms with Crippen LogP contribution in [-0.4, -0.2) is 29.5 Å². The average molecular weight is 216 g/mol. The van der Waals surface area contributed by atoms with Gasteiger partial charge in [0.25, 0.3) is 0 Å². The average Bonchev–Trinajstić information content (AvgIpc) is 2.69. The second-order valence-corrected chi connectivity index (χ2v) is 4.68. The third kappa shape index (κ3) is 2.27. The van der Waals surface area contributed by atoms with Crippen molar-refractivity contribution in [2.75, 3.05) is 13.6 Å². The maximum atomic E-state index is 3.32. The van der Waals surface area contributed by atoms with Crippen LogP contribution in [0.3, 0.4) is 0 Å². The minimum atomic E-state index is 0.616. The van der Waals surface area contributed by atoms with Crippen LogP contribution in [0.4, 0.5) is 0 Å². The Labute approximate surface area is 97.3 Å². The number of benzene rings is 1. The van der Waals surface area contributed by atoms with Crippen LogP contribution in [0.2, 0.25) is 0 Å². The van der Waals surface area contributed by atoms with Gasteiger partial charge in [-0.2, -0.15) is 0 Å². The third-order valence-electron chi connectivity index (χ3n) is 3.29. The van der Waals surface area contributed by atoms with Gasteiger partial charge in [-0.3, -0.25) is 0 Å². The molecule has 0 spiro atoms. The standard InChI is InChI=1S/C14H20N2/c1-11(2)16(3)9-8-12-10-15-14-7-5-4-6-13(12)14/h4-7,10-11,15H,8-9H2,1-3H3. The van der Waals surface area contributed by atoms with Crippen LogP contribution in [0, 0.1) is 0 Å². The van der Waals surface area contributed by atoms with E-state index in [1.807, 2.05) is 0 Å². The summed E-state index contributed by atoms with van der Waals surface area (Å²) in [5.74, 6) is 0.